The summed E-state index contributed by atoms with van der Waals surface area (Å²) in [6, 6.07) is 30.7. The molecule has 8 nitrogen and oxygen atoms in total. The molecule has 0 unspecified atom stereocenters. The number of nitrogens with one attached hydrogen (secondary N) is 2. The number of rotatable bonds is 0. The Morgan fingerprint density at radius 1 is 0.425 bits per heavy atom. The molecule has 5 aromatic rings. The van der Waals surface area contributed by atoms with Crippen molar-refractivity contribution in [2.24, 2.45) is 0 Å². The lowest BCUT2D eigenvalue weighted by Crippen LogP contribution is -2.11. The molecule has 2 heterocycles. The maximum absolute atomic E-state index is 8.70. The Labute approximate surface area is 231 Å². The molecule has 0 aliphatic carbocycles. The zero-order valence-corrected chi connectivity index (χ0v) is 21.6. The second-order valence-electron chi connectivity index (χ2n) is 9.54. The third-order valence-corrected chi connectivity index (χ3v) is 6.73. The number of fused-ring (bicyclic) bond motifs is 4. The maximum atomic E-state index is 8.70. The first-order chi connectivity index (χ1) is 19.3. The summed E-state index contributed by atoms with van der Waals surface area (Å²) in [5, 5.41) is 42.0. The fourth-order valence-corrected chi connectivity index (χ4v) is 4.58. The Hall–Kier alpha value is -5.50. The first-order valence-electron chi connectivity index (χ1n) is 12.7. The molecule has 0 amide bonds. The highest BCUT2D eigenvalue weighted by Crippen LogP contribution is 2.40. The molecular formula is C32H30N4O4. The van der Waals surface area contributed by atoms with E-state index >= 15 is 0 Å². The number of hydrogen-bond donors (Lipinski definition) is 8. The zero-order valence-electron chi connectivity index (χ0n) is 21.6. The maximum Gasteiger partial charge on any atom is 0.161 e. The van der Waals surface area contributed by atoms with Crippen LogP contribution >= 0.6 is 0 Å². The van der Waals surface area contributed by atoms with Crippen LogP contribution in [0.1, 0.15) is 22.3 Å². The molecule has 2 aliphatic heterocycles. The molecule has 0 bridgehead atoms. The van der Waals surface area contributed by atoms with Gasteiger partial charge in [-0.1, -0.05) is 54.6 Å². The molecule has 7 rings (SSSR count). The largest absolute Gasteiger partial charge is 0.504 e. The van der Waals surface area contributed by atoms with E-state index in [0.717, 1.165) is 25.0 Å². The standard InChI is InChI=1S/C20H16N2.C6H8N2.C6H6O4/c1-3-7-17-13(5-1)9-15-11-16-10-14-6-2-4-8-18(14)22-20(16)12-19(15)21-17;7-5-3-1-2-4-6(5)8;7-3-1-4(8)6(10)2-5(3)9/h1-8,11-12,21-22H,9-10H2;1-4H,7-8H2;1-2,7-10H. The van der Waals surface area contributed by atoms with Gasteiger partial charge in [-0.25, -0.2) is 0 Å². The Balaban J connectivity index is 0.000000149. The highest BCUT2D eigenvalue weighted by molar-refractivity contribution is 5.80. The molecule has 0 radical (unpaired) electrons. The first kappa shape index (κ1) is 26.1. The van der Waals surface area contributed by atoms with Gasteiger partial charge < -0.3 is 42.5 Å². The number of aromatic hydroxyl groups is 4. The lowest BCUT2D eigenvalue weighted by molar-refractivity contribution is 0.373. The Morgan fingerprint density at radius 2 is 0.800 bits per heavy atom. The van der Waals surface area contributed by atoms with Gasteiger partial charge >= 0.3 is 0 Å². The number of para-hydroxylation sites is 4. The summed E-state index contributed by atoms with van der Waals surface area (Å²) in [7, 11) is 0. The van der Waals surface area contributed by atoms with Crippen LogP contribution in [0.3, 0.4) is 0 Å². The van der Waals surface area contributed by atoms with Crippen molar-refractivity contribution in [2.45, 2.75) is 12.8 Å². The van der Waals surface area contributed by atoms with E-state index in [2.05, 4.69) is 71.3 Å². The van der Waals surface area contributed by atoms with Gasteiger partial charge in [0.05, 0.1) is 11.4 Å². The van der Waals surface area contributed by atoms with Crippen LogP contribution in [0.4, 0.5) is 34.1 Å². The second-order valence-corrected chi connectivity index (χ2v) is 9.54. The minimum Gasteiger partial charge on any atom is -0.504 e. The smallest absolute Gasteiger partial charge is 0.161 e. The van der Waals surface area contributed by atoms with Gasteiger partial charge in [0.1, 0.15) is 0 Å². The predicted molar refractivity (Wildman–Crippen MR) is 160 cm³/mol. The fourth-order valence-electron chi connectivity index (χ4n) is 4.58. The lowest BCUT2D eigenvalue weighted by Gasteiger charge is -2.27. The average molecular weight is 535 g/mol. The summed E-state index contributed by atoms with van der Waals surface area (Å²) < 4.78 is 0. The monoisotopic (exact) mass is 534 g/mol. The van der Waals surface area contributed by atoms with Crippen LogP contribution in [0.5, 0.6) is 23.0 Å². The van der Waals surface area contributed by atoms with E-state index in [1.54, 1.807) is 12.1 Å². The molecule has 0 fully saturated rings. The van der Waals surface area contributed by atoms with E-state index in [4.69, 9.17) is 31.9 Å². The van der Waals surface area contributed by atoms with E-state index in [1.165, 1.54) is 45.0 Å². The van der Waals surface area contributed by atoms with Gasteiger partial charge in [0.25, 0.3) is 0 Å². The number of nitrogen functional groups attached to an aromatic ring is 2. The van der Waals surface area contributed by atoms with Gasteiger partial charge in [0.2, 0.25) is 0 Å². The quantitative estimate of drug-likeness (QED) is 0.0636. The van der Waals surface area contributed by atoms with E-state index in [0.29, 0.717) is 11.4 Å². The van der Waals surface area contributed by atoms with Crippen LogP contribution < -0.4 is 22.1 Å². The Kier molecular flexibility index (Phi) is 7.24. The third-order valence-electron chi connectivity index (χ3n) is 6.73. The van der Waals surface area contributed by atoms with Gasteiger partial charge in [-0.3, -0.25) is 0 Å². The van der Waals surface area contributed by atoms with E-state index in [-0.39, 0.29) is 0 Å². The molecule has 0 atom stereocenters. The lowest BCUT2D eigenvalue weighted by atomic mass is 9.91. The average Bonchev–Trinajstić information content (AvgIpc) is 2.95. The van der Waals surface area contributed by atoms with Crippen molar-refractivity contribution in [1.82, 2.24) is 0 Å². The van der Waals surface area contributed by atoms with Crippen molar-refractivity contribution >= 4 is 34.1 Å². The Morgan fingerprint density at radius 3 is 1.20 bits per heavy atom. The van der Waals surface area contributed by atoms with Crippen molar-refractivity contribution in [3.05, 3.63) is 119 Å². The number of nitrogens with two attached hydrogens (primary N) is 2. The second kappa shape index (κ2) is 11.1. The highest BCUT2D eigenvalue weighted by Gasteiger charge is 2.20. The van der Waals surface area contributed by atoms with Crippen molar-refractivity contribution in [3.8, 4) is 23.0 Å². The molecule has 0 spiro atoms. The SMILES string of the molecule is Nc1ccccc1N.Oc1cc(O)c(O)cc1O.c1ccc2c(c1)Cc1cc3c(cc1N2)Nc1ccccc1C3. The van der Waals surface area contributed by atoms with E-state index in [9.17, 15) is 0 Å². The molecule has 8 heteroatoms. The normalized spacial score (nSPS) is 11.8. The van der Waals surface area contributed by atoms with Crippen LogP contribution in [-0.4, -0.2) is 20.4 Å². The summed E-state index contributed by atoms with van der Waals surface area (Å²) in [6.45, 7) is 0. The summed E-state index contributed by atoms with van der Waals surface area (Å²) in [5.41, 5.74) is 22.5. The number of benzene rings is 5. The van der Waals surface area contributed by atoms with Crippen molar-refractivity contribution < 1.29 is 20.4 Å². The van der Waals surface area contributed by atoms with Gasteiger partial charge in [-0.05, 0) is 52.6 Å². The Bertz CT molecular complexity index is 1470. The minimum atomic E-state index is -0.463. The first-order valence-corrected chi connectivity index (χ1v) is 12.7. The molecule has 0 aromatic heterocycles. The summed E-state index contributed by atoms with van der Waals surface area (Å²) in [4.78, 5) is 0. The van der Waals surface area contributed by atoms with Crippen molar-refractivity contribution in [1.29, 1.82) is 0 Å². The summed E-state index contributed by atoms with van der Waals surface area (Å²) in [6.07, 6.45) is 2.01. The number of phenols is 4. The summed E-state index contributed by atoms with van der Waals surface area (Å²) in [5.74, 6) is -1.85. The van der Waals surface area contributed by atoms with Gasteiger partial charge in [0.15, 0.2) is 23.0 Å². The van der Waals surface area contributed by atoms with Crippen LogP contribution in [0.15, 0.2) is 97.1 Å². The van der Waals surface area contributed by atoms with Crippen molar-refractivity contribution in [2.75, 3.05) is 22.1 Å². The van der Waals surface area contributed by atoms with Gasteiger partial charge in [0, 0.05) is 47.7 Å². The van der Waals surface area contributed by atoms with Crippen LogP contribution in [0.25, 0.3) is 0 Å². The molecule has 0 saturated heterocycles. The molecule has 40 heavy (non-hydrogen) atoms. The number of phenolic OH excluding ortho intramolecular Hbond substituents is 4. The highest BCUT2D eigenvalue weighted by atomic mass is 16.3. The van der Waals surface area contributed by atoms with Crippen LogP contribution in [0.2, 0.25) is 0 Å². The van der Waals surface area contributed by atoms with Gasteiger partial charge in [-0.15, -0.1) is 0 Å². The number of anilines is 6. The van der Waals surface area contributed by atoms with Crippen LogP contribution in [-0.2, 0) is 12.8 Å². The minimum absolute atomic E-state index is 0.463. The molecule has 0 saturated carbocycles. The van der Waals surface area contributed by atoms with Crippen molar-refractivity contribution in [3.63, 3.8) is 0 Å². The molecule has 10 N–H and O–H groups in total. The summed E-state index contributed by atoms with van der Waals surface area (Å²) >= 11 is 0. The molecule has 2 aliphatic rings. The van der Waals surface area contributed by atoms with E-state index < -0.39 is 23.0 Å². The topological polar surface area (TPSA) is 157 Å². The number of hydrogen-bond acceptors (Lipinski definition) is 8. The van der Waals surface area contributed by atoms with E-state index in [1.807, 2.05) is 12.1 Å². The van der Waals surface area contributed by atoms with Crippen LogP contribution in [0, 0.1) is 0 Å². The zero-order chi connectivity index (χ0) is 28.2. The molecular weight excluding hydrogens is 504 g/mol. The molecule has 5 aromatic carbocycles. The fraction of sp³-hybridized carbons (Fsp3) is 0.0625. The molecule has 202 valence electrons. The predicted octanol–water partition coefficient (Wildman–Crippen LogP) is 6.34. The van der Waals surface area contributed by atoms with Gasteiger partial charge in [-0.2, -0.15) is 0 Å². The third kappa shape index (κ3) is 5.66.